The second-order valence-electron chi connectivity index (χ2n) is 7.34. The molecule has 0 radical (unpaired) electrons. The molecular formula is C20H32N4OS+2. The highest BCUT2D eigenvalue weighted by Gasteiger charge is 2.25. The molecule has 3 N–H and O–H groups in total. The van der Waals surface area contributed by atoms with Crippen LogP contribution in [0, 0.1) is 0 Å². The molecule has 0 aliphatic carbocycles. The maximum atomic E-state index is 12.1. The Morgan fingerprint density at radius 1 is 1.12 bits per heavy atom. The number of fused-ring (bicyclic) bond motifs is 1. The first-order valence-corrected chi connectivity index (χ1v) is 10.8. The number of unbranched alkanes of at least 4 members (excludes halogenated alkanes) is 3. The summed E-state index contributed by atoms with van der Waals surface area (Å²) in [7, 11) is 0. The van der Waals surface area contributed by atoms with Crippen LogP contribution in [0.4, 0.5) is 0 Å². The molecule has 1 saturated heterocycles. The number of para-hydroxylation sites is 1. The number of quaternary nitrogens is 2. The molecule has 26 heavy (non-hydrogen) atoms. The van der Waals surface area contributed by atoms with E-state index in [0.29, 0.717) is 6.54 Å². The number of carbonyl (C=O) groups is 1. The number of aromatic nitrogens is 1. The summed E-state index contributed by atoms with van der Waals surface area (Å²) in [6.07, 6.45) is 4.83. The van der Waals surface area contributed by atoms with Gasteiger partial charge in [-0.25, -0.2) is 4.98 Å². The molecular weight excluding hydrogens is 344 g/mol. The minimum atomic E-state index is 0.214. The third-order valence-electron chi connectivity index (χ3n) is 5.17. The van der Waals surface area contributed by atoms with E-state index in [9.17, 15) is 4.79 Å². The summed E-state index contributed by atoms with van der Waals surface area (Å²) in [4.78, 5) is 19.8. The van der Waals surface area contributed by atoms with E-state index < -0.39 is 0 Å². The third kappa shape index (κ3) is 5.76. The van der Waals surface area contributed by atoms with Crippen LogP contribution in [0.1, 0.15) is 37.6 Å². The molecule has 1 aliphatic rings. The standard InChI is InChI=1S/C20H30N4OS/c1-2-3-4-7-10-21-19(25)15-23-11-13-24(14-12-23)16-20-22-17-8-5-6-9-18(17)26-20/h5-6,8-9H,2-4,7,10-16H2,1H3,(H,21,25)/p+2. The number of nitrogens with one attached hydrogen (secondary N) is 3. The fourth-order valence-corrected chi connectivity index (χ4v) is 4.63. The maximum absolute atomic E-state index is 12.1. The average Bonchev–Trinajstić information content (AvgIpc) is 3.05. The fraction of sp³-hybridized carbons (Fsp3) is 0.600. The van der Waals surface area contributed by atoms with E-state index >= 15 is 0 Å². The third-order valence-corrected chi connectivity index (χ3v) is 6.20. The number of hydrogen-bond acceptors (Lipinski definition) is 3. The number of piperazine rings is 1. The van der Waals surface area contributed by atoms with E-state index in [2.05, 4.69) is 36.5 Å². The van der Waals surface area contributed by atoms with E-state index in [1.165, 1.54) is 33.9 Å². The van der Waals surface area contributed by atoms with Gasteiger partial charge in [-0.05, 0) is 18.6 Å². The minimum Gasteiger partial charge on any atom is -0.351 e. The molecule has 1 amide bonds. The first-order valence-electron chi connectivity index (χ1n) is 10.0. The molecule has 1 aromatic heterocycles. The highest BCUT2D eigenvalue weighted by molar-refractivity contribution is 7.18. The van der Waals surface area contributed by atoms with Gasteiger partial charge in [-0.2, -0.15) is 0 Å². The SMILES string of the molecule is CCCCCCNC(=O)C[NH+]1CC[NH+](Cc2nc3ccccc3s2)CC1. The van der Waals surface area contributed by atoms with Crippen molar-refractivity contribution in [3.63, 3.8) is 0 Å². The highest BCUT2D eigenvalue weighted by atomic mass is 32.1. The molecule has 0 unspecified atom stereocenters. The van der Waals surface area contributed by atoms with Crippen LogP contribution in [0.15, 0.2) is 24.3 Å². The predicted molar refractivity (Wildman–Crippen MR) is 107 cm³/mol. The van der Waals surface area contributed by atoms with Crippen LogP contribution in [0.2, 0.25) is 0 Å². The summed E-state index contributed by atoms with van der Waals surface area (Å²) in [5.41, 5.74) is 1.12. The number of thiazole rings is 1. The van der Waals surface area contributed by atoms with Gasteiger partial charge >= 0.3 is 0 Å². The Labute approximate surface area is 160 Å². The Bertz CT molecular complexity index is 661. The van der Waals surface area contributed by atoms with Crippen molar-refractivity contribution in [1.82, 2.24) is 10.3 Å². The fourth-order valence-electron chi connectivity index (χ4n) is 3.59. The smallest absolute Gasteiger partial charge is 0.275 e. The van der Waals surface area contributed by atoms with Crippen molar-refractivity contribution in [3.05, 3.63) is 29.3 Å². The molecule has 0 bridgehead atoms. The Morgan fingerprint density at radius 2 is 1.88 bits per heavy atom. The van der Waals surface area contributed by atoms with Gasteiger partial charge in [-0.1, -0.05) is 38.3 Å². The zero-order valence-electron chi connectivity index (χ0n) is 15.9. The molecule has 1 aromatic carbocycles. The number of amides is 1. The van der Waals surface area contributed by atoms with E-state index in [0.717, 1.165) is 51.2 Å². The van der Waals surface area contributed by atoms with Crippen LogP contribution in [0.25, 0.3) is 10.2 Å². The van der Waals surface area contributed by atoms with Crippen molar-refractivity contribution in [2.75, 3.05) is 39.3 Å². The topological polar surface area (TPSA) is 50.9 Å². The van der Waals surface area contributed by atoms with E-state index in [4.69, 9.17) is 4.98 Å². The summed E-state index contributed by atoms with van der Waals surface area (Å²) < 4.78 is 1.28. The molecule has 0 saturated carbocycles. The minimum absolute atomic E-state index is 0.214. The summed E-state index contributed by atoms with van der Waals surface area (Å²) in [5, 5.41) is 4.31. The molecule has 1 fully saturated rings. The number of carbonyl (C=O) groups excluding carboxylic acids is 1. The lowest BCUT2D eigenvalue weighted by atomic mass is 10.2. The van der Waals surface area contributed by atoms with Gasteiger partial charge in [0.2, 0.25) is 0 Å². The maximum Gasteiger partial charge on any atom is 0.275 e. The molecule has 5 nitrogen and oxygen atoms in total. The van der Waals surface area contributed by atoms with Crippen molar-refractivity contribution in [2.24, 2.45) is 0 Å². The van der Waals surface area contributed by atoms with E-state index in [1.807, 2.05) is 11.3 Å². The van der Waals surface area contributed by atoms with Crippen LogP contribution >= 0.6 is 11.3 Å². The molecule has 6 heteroatoms. The lowest BCUT2D eigenvalue weighted by molar-refractivity contribution is -1.02. The van der Waals surface area contributed by atoms with E-state index in [1.54, 1.807) is 4.90 Å². The summed E-state index contributed by atoms with van der Waals surface area (Å²) >= 11 is 1.81. The van der Waals surface area contributed by atoms with Crippen LogP contribution in [0.3, 0.4) is 0 Å². The second kappa shape index (κ2) is 10.00. The summed E-state index contributed by atoms with van der Waals surface area (Å²) in [6.45, 7) is 9.07. The van der Waals surface area contributed by atoms with Gasteiger partial charge in [0, 0.05) is 6.54 Å². The summed E-state index contributed by atoms with van der Waals surface area (Å²) in [6, 6.07) is 8.37. The Hall–Kier alpha value is -1.50. The van der Waals surface area contributed by atoms with Crippen LogP contribution < -0.4 is 15.1 Å². The zero-order chi connectivity index (χ0) is 18.2. The first kappa shape index (κ1) is 19.3. The molecule has 0 spiro atoms. The number of benzene rings is 1. The Morgan fingerprint density at radius 3 is 2.65 bits per heavy atom. The normalized spacial score (nSPS) is 20.3. The van der Waals surface area contributed by atoms with Crippen molar-refractivity contribution in [3.8, 4) is 0 Å². The van der Waals surface area contributed by atoms with Crippen molar-refractivity contribution in [1.29, 1.82) is 0 Å². The van der Waals surface area contributed by atoms with Gasteiger partial charge in [0.05, 0.1) is 10.2 Å². The molecule has 1 aliphatic heterocycles. The highest BCUT2D eigenvalue weighted by Crippen LogP contribution is 2.20. The average molecular weight is 377 g/mol. The number of nitrogens with zero attached hydrogens (tertiary/aromatic N) is 1. The molecule has 3 rings (SSSR count). The quantitative estimate of drug-likeness (QED) is 0.551. The van der Waals surface area contributed by atoms with Crippen molar-refractivity contribution >= 4 is 27.5 Å². The van der Waals surface area contributed by atoms with Gasteiger partial charge in [-0.15, -0.1) is 11.3 Å². The van der Waals surface area contributed by atoms with Gasteiger partial charge in [0.15, 0.2) is 6.54 Å². The van der Waals surface area contributed by atoms with Crippen LogP contribution in [-0.2, 0) is 11.3 Å². The molecule has 142 valence electrons. The lowest BCUT2D eigenvalue weighted by Gasteiger charge is -2.28. The Balaban J connectivity index is 1.35. The monoisotopic (exact) mass is 376 g/mol. The lowest BCUT2D eigenvalue weighted by Crippen LogP contribution is -3.28. The number of rotatable bonds is 9. The molecule has 2 aromatic rings. The second-order valence-corrected chi connectivity index (χ2v) is 8.45. The van der Waals surface area contributed by atoms with Gasteiger partial charge in [0.25, 0.3) is 5.91 Å². The largest absolute Gasteiger partial charge is 0.351 e. The van der Waals surface area contributed by atoms with Gasteiger partial charge in [0.1, 0.15) is 37.7 Å². The zero-order valence-corrected chi connectivity index (χ0v) is 16.7. The molecule has 0 atom stereocenters. The van der Waals surface area contributed by atoms with Crippen molar-refractivity contribution in [2.45, 2.75) is 39.2 Å². The van der Waals surface area contributed by atoms with Crippen LogP contribution in [-0.4, -0.2) is 50.2 Å². The number of hydrogen-bond donors (Lipinski definition) is 3. The van der Waals surface area contributed by atoms with Crippen molar-refractivity contribution < 1.29 is 14.6 Å². The summed E-state index contributed by atoms with van der Waals surface area (Å²) in [5.74, 6) is 0.214. The van der Waals surface area contributed by atoms with Gasteiger partial charge in [-0.3, -0.25) is 4.79 Å². The van der Waals surface area contributed by atoms with E-state index in [-0.39, 0.29) is 5.91 Å². The predicted octanol–water partition coefficient (Wildman–Crippen LogP) is 0.276. The van der Waals surface area contributed by atoms with Gasteiger partial charge < -0.3 is 15.1 Å². The first-order chi connectivity index (χ1) is 12.7. The Kier molecular flexibility index (Phi) is 7.41. The molecule has 2 heterocycles. The van der Waals surface area contributed by atoms with Crippen LogP contribution in [0.5, 0.6) is 0 Å².